The third-order valence-electron chi connectivity index (χ3n) is 7.88. The fourth-order valence-electron chi connectivity index (χ4n) is 5.96. The van der Waals surface area contributed by atoms with Crippen LogP contribution in [0.2, 0.25) is 5.02 Å². The van der Waals surface area contributed by atoms with Crippen LogP contribution >= 0.6 is 11.6 Å². The highest BCUT2D eigenvalue weighted by Gasteiger charge is 2.35. The second kappa shape index (κ2) is 12.6. The van der Waals surface area contributed by atoms with Crippen molar-refractivity contribution < 1.29 is 22.7 Å². The molecule has 0 aliphatic carbocycles. The summed E-state index contributed by atoms with van der Waals surface area (Å²) in [4.78, 5) is 23.3. The summed E-state index contributed by atoms with van der Waals surface area (Å²) in [6.07, 6.45) is -0.339. The largest absolute Gasteiger partial charge is 0.416 e. The molecule has 10 heteroatoms. The summed E-state index contributed by atoms with van der Waals surface area (Å²) in [6.45, 7) is 9.41. The highest BCUT2D eigenvalue weighted by molar-refractivity contribution is 6.30. The van der Waals surface area contributed by atoms with E-state index < -0.39 is 11.7 Å². The van der Waals surface area contributed by atoms with Crippen molar-refractivity contribution in [2.45, 2.75) is 44.7 Å². The number of rotatable bonds is 7. The Hall–Kier alpha value is -2.85. The molecule has 1 aromatic heterocycles. The second-order valence-electron chi connectivity index (χ2n) is 11.2. The number of aromatic amines is 1. The molecule has 2 saturated heterocycles. The molecule has 2 aromatic carbocycles. The zero-order valence-electron chi connectivity index (χ0n) is 23.3. The monoisotopic (exact) mass is 588 g/mol. The Morgan fingerprint density at radius 1 is 0.951 bits per heavy atom. The van der Waals surface area contributed by atoms with Gasteiger partial charge in [-0.15, -0.1) is 0 Å². The number of alkyl halides is 3. The molecular formula is C31H36ClF3N4O2. The van der Waals surface area contributed by atoms with Crippen LogP contribution in [0.1, 0.15) is 35.3 Å². The first-order valence-electron chi connectivity index (χ1n) is 14.1. The molecule has 220 valence electrons. The molecule has 3 heterocycles. The predicted octanol–water partition coefficient (Wildman–Crippen LogP) is 5.83. The lowest BCUT2D eigenvalue weighted by Gasteiger charge is -2.43. The first kappa shape index (κ1) is 29.6. The second-order valence-corrected chi connectivity index (χ2v) is 11.6. The van der Waals surface area contributed by atoms with Crippen LogP contribution in [0, 0.1) is 0 Å². The molecule has 3 atom stereocenters. The third kappa shape index (κ3) is 7.52. The smallest absolute Gasteiger partial charge is 0.373 e. The van der Waals surface area contributed by atoms with Crippen LogP contribution < -0.4 is 0 Å². The summed E-state index contributed by atoms with van der Waals surface area (Å²) in [7, 11) is 0. The lowest BCUT2D eigenvalue weighted by Crippen LogP contribution is -2.57. The van der Waals surface area contributed by atoms with E-state index in [0.717, 1.165) is 43.9 Å². The summed E-state index contributed by atoms with van der Waals surface area (Å²) in [5, 5.41) is 0.627. The molecule has 0 saturated carbocycles. The van der Waals surface area contributed by atoms with Gasteiger partial charge in [0.2, 0.25) is 0 Å². The molecule has 2 aliphatic heterocycles. The Kier molecular flexibility index (Phi) is 9.09. The fraction of sp³-hybridized carbons (Fsp3) is 0.452. The number of amides is 1. The molecule has 1 amide bonds. The van der Waals surface area contributed by atoms with Crippen LogP contribution in [-0.2, 0) is 17.3 Å². The van der Waals surface area contributed by atoms with Crippen LogP contribution in [0.3, 0.4) is 0 Å². The van der Waals surface area contributed by atoms with Gasteiger partial charge in [-0.3, -0.25) is 14.6 Å². The molecular weight excluding hydrogens is 553 g/mol. The Labute approximate surface area is 244 Å². The Morgan fingerprint density at radius 3 is 2.32 bits per heavy atom. The first-order chi connectivity index (χ1) is 19.5. The number of carbonyl (C=O) groups excluding carboxylic acids is 1. The number of morpholine rings is 1. The van der Waals surface area contributed by atoms with Crippen molar-refractivity contribution in [3.8, 4) is 11.1 Å². The van der Waals surface area contributed by atoms with Crippen LogP contribution in [-0.4, -0.2) is 89.7 Å². The standard InChI is InChI=1S/C31H36ClF3N4O2/c1-21-18-38(19-22(2)41-21)10-9-37-11-12-39(29(20-37)13-23-3-5-28(32)6-4-23)30(40)26-14-25(24-7-8-36-17-24)15-27(16-26)31(33,34)35/h3-8,14-17,21-22,29,36H,9-13,18-20H2,1-2H3/t21-,22+,29-/m1/s1. The molecule has 3 aromatic rings. The number of H-pyrrole nitrogens is 1. The molecule has 2 aliphatic rings. The average molecular weight is 589 g/mol. The number of carbonyl (C=O) groups is 1. The molecule has 0 radical (unpaired) electrons. The van der Waals surface area contributed by atoms with Crippen molar-refractivity contribution in [2.24, 2.45) is 0 Å². The van der Waals surface area contributed by atoms with E-state index in [-0.39, 0.29) is 29.7 Å². The van der Waals surface area contributed by atoms with Crippen LogP contribution in [0.5, 0.6) is 0 Å². The number of nitrogens with zero attached hydrogens (tertiary/aromatic N) is 3. The van der Waals surface area contributed by atoms with E-state index in [1.165, 1.54) is 0 Å². The van der Waals surface area contributed by atoms with Crippen molar-refractivity contribution in [3.63, 3.8) is 0 Å². The number of aromatic nitrogens is 1. The zero-order chi connectivity index (χ0) is 29.1. The van der Waals surface area contributed by atoms with E-state index in [1.807, 2.05) is 24.3 Å². The van der Waals surface area contributed by atoms with Gasteiger partial charge >= 0.3 is 6.18 Å². The van der Waals surface area contributed by atoms with E-state index in [0.29, 0.717) is 42.2 Å². The Balaban J connectivity index is 1.37. The highest BCUT2D eigenvalue weighted by atomic mass is 35.5. The number of hydrogen-bond donors (Lipinski definition) is 1. The van der Waals surface area contributed by atoms with Crippen LogP contribution in [0.4, 0.5) is 13.2 Å². The molecule has 1 N–H and O–H groups in total. The third-order valence-corrected chi connectivity index (χ3v) is 8.13. The summed E-state index contributed by atoms with van der Waals surface area (Å²) < 4.78 is 47.5. The molecule has 0 unspecified atom stereocenters. The average Bonchev–Trinajstić information content (AvgIpc) is 3.47. The fourth-order valence-corrected chi connectivity index (χ4v) is 6.08. The van der Waals surface area contributed by atoms with Gasteiger partial charge in [-0.1, -0.05) is 23.7 Å². The molecule has 6 nitrogen and oxygen atoms in total. The zero-order valence-corrected chi connectivity index (χ0v) is 24.1. The number of hydrogen-bond acceptors (Lipinski definition) is 4. The van der Waals surface area contributed by atoms with Crippen LogP contribution in [0.25, 0.3) is 11.1 Å². The van der Waals surface area contributed by atoms with E-state index in [9.17, 15) is 18.0 Å². The summed E-state index contributed by atoms with van der Waals surface area (Å²) in [5.74, 6) is -0.387. The van der Waals surface area contributed by atoms with Gasteiger partial charge in [-0.2, -0.15) is 13.2 Å². The lowest BCUT2D eigenvalue weighted by atomic mass is 9.98. The van der Waals surface area contributed by atoms with Gasteiger partial charge < -0.3 is 14.6 Å². The molecule has 0 spiro atoms. The lowest BCUT2D eigenvalue weighted by molar-refractivity contribution is -0.137. The van der Waals surface area contributed by atoms with E-state index in [1.54, 1.807) is 29.4 Å². The van der Waals surface area contributed by atoms with Gasteiger partial charge in [-0.05, 0) is 73.4 Å². The number of benzene rings is 2. The van der Waals surface area contributed by atoms with Crippen LogP contribution in [0.15, 0.2) is 60.9 Å². The van der Waals surface area contributed by atoms with E-state index in [2.05, 4.69) is 28.6 Å². The summed E-state index contributed by atoms with van der Waals surface area (Å²) in [5.41, 5.74) is 1.18. The first-order valence-corrected chi connectivity index (χ1v) is 14.4. The van der Waals surface area contributed by atoms with Gasteiger partial charge in [-0.25, -0.2) is 0 Å². The summed E-state index contributed by atoms with van der Waals surface area (Å²) >= 11 is 6.10. The number of halogens is 4. The Morgan fingerprint density at radius 2 is 1.66 bits per heavy atom. The predicted molar refractivity (Wildman–Crippen MR) is 154 cm³/mol. The maximum absolute atomic E-state index is 13.9. The maximum Gasteiger partial charge on any atom is 0.416 e. The minimum absolute atomic E-state index is 0.0434. The van der Waals surface area contributed by atoms with Gasteiger partial charge in [0.1, 0.15) is 0 Å². The van der Waals surface area contributed by atoms with Gasteiger partial charge in [0.05, 0.1) is 17.8 Å². The number of piperazine rings is 1. The number of ether oxygens (including phenoxy) is 1. The van der Waals surface area contributed by atoms with Crippen molar-refractivity contribution in [2.75, 3.05) is 45.8 Å². The van der Waals surface area contributed by atoms with Crippen molar-refractivity contribution in [1.82, 2.24) is 19.7 Å². The topological polar surface area (TPSA) is 51.8 Å². The van der Waals surface area contributed by atoms with Crippen molar-refractivity contribution in [1.29, 1.82) is 0 Å². The van der Waals surface area contributed by atoms with Crippen molar-refractivity contribution >= 4 is 17.5 Å². The van der Waals surface area contributed by atoms with Gasteiger partial charge in [0.25, 0.3) is 5.91 Å². The van der Waals surface area contributed by atoms with Gasteiger partial charge in [0, 0.05) is 74.8 Å². The maximum atomic E-state index is 13.9. The molecule has 2 fully saturated rings. The van der Waals surface area contributed by atoms with E-state index in [4.69, 9.17) is 16.3 Å². The molecule has 5 rings (SSSR count). The minimum Gasteiger partial charge on any atom is -0.373 e. The highest BCUT2D eigenvalue weighted by Crippen LogP contribution is 2.34. The Bertz CT molecular complexity index is 1310. The van der Waals surface area contributed by atoms with Crippen molar-refractivity contribution in [3.05, 3.63) is 82.6 Å². The summed E-state index contributed by atoms with van der Waals surface area (Å²) in [6, 6.07) is 12.6. The normalized spacial score (nSPS) is 22.7. The minimum atomic E-state index is -4.57. The van der Waals surface area contributed by atoms with Gasteiger partial charge in [0.15, 0.2) is 0 Å². The molecule has 0 bridgehead atoms. The van der Waals surface area contributed by atoms with E-state index >= 15 is 0 Å². The number of nitrogens with one attached hydrogen (secondary N) is 1. The SMILES string of the molecule is C[C@@H]1CN(CCN2CCN(C(=O)c3cc(-c4cc[nH]c4)cc(C(F)(F)F)c3)[C@H](Cc3ccc(Cl)cc3)C2)C[C@H](C)O1. The quantitative estimate of drug-likeness (QED) is 0.377. The molecule has 41 heavy (non-hydrogen) atoms.